The molecule has 2 aliphatic rings. The number of aromatic nitrogens is 1. The molecule has 1 aromatic heterocycles. The molecule has 9 nitrogen and oxygen atoms in total. The summed E-state index contributed by atoms with van der Waals surface area (Å²) in [6.07, 6.45) is 3.45. The number of anilines is 3. The number of hydrogen-bond donors (Lipinski definition) is 4. The van der Waals surface area contributed by atoms with E-state index in [0.717, 1.165) is 60.2 Å². The maximum Gasteiger partial charge on any atom is 0.258 e. The predicted molar refractivity (Wildman–Crippen MR) is 167 cm³/mol. The van der Waals surface area contributed by atoms with E-state index in [1.165, 1.54) is 11.1 Å². The van der Waals surface area contributed by atoms with Gasteiger partial charge >= 0.3 is 0 Å². The molecule has 5 rings (SSSR count). The first kappa shape index (κ1) is 28.9. The highest BCUT2D eigenvalue weighted by molar-refractivity contribution is 7.99. The number of nitrogens with one attached hydrogen (secondary N) is 3. The van der Waals surface area contributed by atoms with Crippen LogP contribution in [0.25, 0.3) is 0 Å². The van der Waals surface area contributed by atoms with E-state index in [2.05, 4.69) is 70.6 Å². The van der Waals surface area contributed by atoms with E-state index >= 15 is 0 Å². The summed E-state index contributed by atoms with van der Waals surface area (Å²) in [6, 6.07) is 14.3. The minimum absolute atomic E-state index is 0.0805. The van der Waals surface area contributed by atoms with Gasteiger partial charge in [0.05, 0.1) is 11.1 Å². The van der Waals surface area contributed by atoms with Crippen molar-refractivity contribution in [2.75, 3.05) is 62.4 Å². The van der Waals surface area contributed by atoms with Gasteiger partial charge in [-0.15, -0.1) is 0 Å². The molecule has 10 heteroatoms. The molecule has 5 N–H and O–H groups in total. The number of amidine groups is 1. The topological polar surface area (TPSA) is 120 Å². The van der Waals surface area contributed by atoms with Crippen molar-refractivity contribution < 1.29 is 9.53 Å². The van der Waals surface area contributed by atoms with Gasteiger partial charge in [-0.05, 0) is 81.3 Å². The van der Waals surface area contributed by atoms with Crippen molar-refractivity contribution >= 4 is 40.7 Å². The summed E-state index contributed by atoms with van der Waals surface area (Å²) in [5, 5.41) is 15.1. The Morgan fingerprint density at radius 2 is 1.71 bits per heavy atom. The molecule has 0 saturated carbocycles. The van der Waals surface area contributed by atoms with Crippen LogP contribution in [0.1, 0.15) is 39.9 Å². The lowest BCUT2D eigenvalue weighted by Crippen LogP contribution is -2.44. The number of amides is 1. The molecule has 0 spiro atoms. The van der Waals surface area contributed by atoms with Crippen molar-refractivity contribution in [2.45, 2.75) is 42.5 Å². The second kappa shape index (κ2) is 12.9. The third kappa shape index (κ3) is 7.38. The Balaban J connectivity index is 1.35. The Morgan fingerprint density at radius 3 is 2.41 bits per heavy atom. The fraction of sp³-hybridized carbons (Fsp3) is 0.387. The molecule has 0 atom stereocenters. The summed E-state index contributed by atoms with van der Waals surface area (Å²) in [5.41, 5.74) is 11.3. The van der Waals surface area contributed by atoms with Crippen LogP contribution in [0.3, 0.4) is 0 Å². The van der Waals surface area contributed by atoms with Gasteiger partial charge in [-0.25, -0.2) is 4.98 Å². The van der Waals surface area contributed by atoms with E-state index in [1.54, 1.807) is 18.0 Å². The zero-order valence-corrected chi connectivity index (χ0v) is 24.8. The van der Waals surface area contributed by atoms with Gasteiger partial charge < -0.3 is 30.9 Å². The standard InChI is InChI=1S/C31H39N7O2S/c1-20-14-21(2)16-24(15-20)41-25-18-27(29(32)34-19-25)30(33)36-31(39)26-5-4-23(38-10-8-37(3)9-11-38)17-28(26)35-22-6-12-40-13-7-22/h4-5,14-19,22,35H,6-13H2,1-3H3,(H2,32,34)(H2,33,36,39). The van der Waals surface area contributed by atoms with Gasteiger partial charge in [-0.3, -0.25) is 10.2 Å². The lowest BCUT2D eigenvalue weighted by Gasteiger charge is -2.34. The molecule has 3 aromatic rings. The largest absolute Gasteiger partial charge is 0.383 e. The third-order valence-corrected chi connectivity index (χ3v) is 8.46. The molecular weight excluding hydrogens is 534 g/mol. The summed E-state index contributed by atoms with van der Waals surface area (Å²) in [6.45, 7) is 9.40. The summed E-state index contributed by atoms with van der Waals surface area (Å²) in [4.78, 5) is 24.5. The maximum absolute atomic E-state index is 13.6. The lowest BCUT2D eigenvalue weighted by atomic mass is 10.1. The predicted octanol–water partition coefficient (Wildman–Crippen LogP) is 4.53. The molecule has 2 aliphatic heterocycles. The number of nitrogen functional groups attached to an aromatic ring is 1. The van der Waals surface area contributed by atoms with Crippen LogP contribution in [-0.2, 0) is 4.74 Å². The van der Waals surface area contributed by atoms with E-state index in [9.17, 15) is 4.79 Å². The van der Waals surface area contributed by atoms with Crippen LogP contribution in [0.5, 0.6) is 0 Å². The first-order valence-corrected chi connectivity index (χ1v) is 14.9. The van der Waals surface area contributed by atoms with Crippen LogP contribution >= 0.6 is 11.8 Å². The monoisotopic (exact) mass is 573 g/mol. The van der Waals surface area contributed by atoms with E-state index in [0.29, 0.717) is 24.3 Å². The fourth-order valence-electron chi connectivity index (χ4n) is 5.26. The zero-order chi connectivity index (χ0) is 28.9. The highest BCUT2D eigenvalue weighted by Crippen LogP contribution is 2.31. The molecule has 0 aliphatic carbocycles. The molecule has 2 fully saturated rings. The van der Waals surface area contributed by atoms with E-state index in [-0.39, 0.29) is 23.6 Å². The number of carbonyl (C=O) groups excluding carboxylic acids is 1. The average molecular weight is 574 g/mol. The van der Waals surface area contributed by atoms with Crippen LogP contribution in [0.2, 0.25) is 0 Å². The SMILES string of the molecule is Cc1cc(C)cc(Sc2cnc(N)c(C(=N)NC(=O)c3ccc(N4CCN(C)CC4)cc3NC3CCOCC3)c2)c1. The summed E-state index contributed by atoms with van der Waals surface area (Å²) < 4.78 is 5.54. The van der Waals surface area contributed by atoms with Crippen molar-refractivity contribution in [1.29, 1.82) is 5.41 Å². The molecule has 2 saturated heterocycles. The van der Waals surface area contributed by atoms with Crippen molar-refractivity contribution in [3.8, 4) is 0 Å². The first-order chi connectivity index (χ1) is 19.7. The molecule has 216 valence electrons. The maximum atomic E-state index is 13.6. The van der Waals surface area contributed by atoms with Gasteiger partial charge in [0.15, 0.2) is 0 Å². The Labute approximate surface area is 246 Å². The Morgan fingerprint density at radius 1 is 1.00 bits per heavy atom. The average Bonchev–Trinajstić information content (AvgIpc) is 2.94. The second-order valence-electron chi connectivity index (χ2n) is 10.9. The van der Waals surface area contributed by atoms with E-state index in [1.807, 2.05) is 18.2 Å². The van der Waals surface area contributed by atoms with Crippen LogP contribution < -0.4 is 21.3 Å². The zero-order valence-electron chi connectivity index (χ0n) is 24.0. The van der Waals surface area contributed by atoms with Crippen molar-refractivity contribution in [2.24, 2.45) is 0 Å². The van der Waals surface area contributed by atoms with Crippen LogP contribution in [0.15, 0.2) is 58.5 Å². The molecule has 41 heavy (non-hydrogen) atoms. The number of pyridine rings is 1. The number of ether oxygens (including phenoxy) is 1. The summed E-state index contributed by atoms with van der Waals surface area (Å²) >= 11 is 1.55. The highest BCUT2D eigenvalue weighted by Gasteiger charge is 2.22. The number of benzene rings is 2. The number of hydrogen-bond acceptors (Lipinski definition) is 9. The molecule has 3 heterocycles. The third-order valence-electron chi connectivity index (χ3n) is 7.53. The molecular formula is C31H39N7O2S. The van der Waals surface area contributed by atoms with Gasteiger partial charge in [0.1, 0.15) is 11.7 Å². The van der Waals surface area contributed by atoms with Gasteiger partial charge in [0.25, 0.3) is 5.91 Å². The van der Waals surface area contributed by atoms with Crippen molar-refractivity contribution in [3.05, 3.63) is 70.9 Å². The lowest BCUT2D eigenvalue weighted by molar-refractivity contribution is 0.0904. The van der Waals surface area contributed by atoms with E-state index < -0.39 is 0 Å². The summed E-state index contributed by atoms with van der Waals surface area (Å²) in [5.74, 6) is -0.240. The van der Waals surface area contributed by atoms with E-state index in [4.69, 9.17) is 15.9 Å². The minimum atomic E-state index is -0.360. The Hall–Kier alpha value is -3.60. The van der Waals surface area contributed by atoms with Gasteiger partial charge in [-0.2, -0.15) is 0 Å². The van der Waals surface area contributed by atoms with Crippen LogP contribution in [0.4, 0.5) is 17.2 Å². The quantitative estimate of drug-likeness (QED) is 0.241. The summed E-state index contributed by atoms with van der Waals surface area (Å²) in [7, 11) is 2.14. The fourth-order valence-corrected chi connectivity index (χ4v) is 6.31. The number of nitrogens with two attached hydrogens (primary N) is 1. The molecule has 1 amide bonds. The number of rotatable bonds is 7. The Bertz CT molecular complexity index is 1400. The minimum Gasteiger partial charge on any atom is -0.383 e. The number of carbonyl (C=O) groups is 1. The Kier molecular flexibility index (Phi) is 9.12. The number of aryl methyl sites for hydroxylation is 2. The van der Waals surface area contributed by atoms with Crippen molar-refractivity contribution in [3.63, 3.8) is 0 Å². The van der Waals surface area contributed by atoms with Gasteiger partial charge in [0, 0.05) is 72.8 Å². The van der Waals surface area contributed by atoms with Gasteiger partial charge in [0.2, 0.25) is 0 Å². The number of piperazine rings is 1. The second-order valence-corrected chi connectivity index (χ2v) is 12.1. The number of nitrogens with zero attached hydrogens (tertiary/aromatic N) is 3. The highest BCUT2D eigenvalue weighted by atomic mass is 32.2. The molecule has 0 bridgehead atoms. The van der Waals surface area contributed by atoms with Crippen molar-refractivity contribution in [1.82, 2.24) is 15.2 Å². The normalized spacial score (nSPS) is 16.4. The van der Waals surface area contributed by atoms with Crippen LogP contribution in [0, 0.1) is 19.3 Å². The molecule has 0 unspecified atom stereocenters. The van der Waals surface area contributed by atoms with Crippen LogP contribution in [-0.4, -0.2) is 74.1 Å². The molecule has 0 radical (unpaired) electrons. The first-order valence-electron chi connectivity index (χ1n) is 14.1. The molecule has 2 aromatic carbocycles. The number of likely N-dealkylation sites (N-methyl/N-ethyl adjacent to an activating group) is 1. The van der Waals surface area contributed by atoms with Gasteiger partial charge in [-0.1, -0.05) is 17.8 Å². The smallest absolute Gasteiger partial charge is 0.258 e.